The number of rotatable bonds is 5. The fourth-order valence-corrected chi connectivity index (χ4v) is 1.34. The van der Waals surface area contributed by atoms with Crippen molar-refractivity contribution in [2.24, 2.45) is 0 Å². The molecule has 19 heavy (non-hydrogen) atoms. The van der Waals surface area contributed by atoms with E-state index in [4.69, 9.17) is 5.11 Å². The summed E-state index contributed by atoms with van der Waals surface area (Å²) in [5.41, 5.74) is -3.46. The first-order valence-corrected chi connectivity index (χ1v) is 6.89. The van der Waals surface area contributed by atoms with Crippen molar-refractivity contribution in [3.05, 3.63) is 0 Å². The lowest BCUT2D eigenvalue weighted by molar-refractivity contribution is -0.203. The predicted molar refractivity (Wildman–Crippen MR) is 58.3 cm³/mol. The second-order valence-corrected chi connectivity index (χ2v) is 6.20. The van der Waals surface area contributed by atoms with Gasteiger partial charge in [-0.25, -0.2) is 18.0 Å². The highest BCUT2D eigenvalue weighted by atomic mass is 32.2. The van der Waals surface area contributed by atoms with Crippen molar-refractivity contribution in [1.29, 1.82) is 0 Å². The summed E-state index contributed by atoms with van der Waals surface area (Å²) in [4.78, 5) is 21.7. The Bertz CT molecular complexity index is 461. The fraction of sp³-hybridized carbons (Fsp3) is 0.750. The van der Waals surface area contributed by atoms with E-state index < -0.39 is 45.9 Å². The molecule has 11 heteroatoms. The third-order valence-electron chi connectivity index (χ3n) is 2.12. The molecule has 0 rings (SSSR count). The number of carbonyl (C=O) groups is 2. The second-order valence-electron chi connectivity index (χ2n) is 3.94. The minimum Gasteiger partial charge on any atom is -0.479 e. The summed E-state index contributed by atoms with van der Waals surface area (Å²) in [6.45, 7) is -0.149. The summed E-state index contributed by atoms with van der Waals surface area (Å²) < 4.78 is 59.0. The molecular formula is C8H13F3N2O5S. The third kappa shape index (κ3) is 5.32. The van der Waals surface area contributed by atoms with Gasteiger partial charge < -0.3 is 15.7 Å². The van der Waals surface area contributed by atoms with E-state index in [-0.39, 0.29) is 6.92 Å². The molecule has 0 aromatic heterocycles. The molecule has 2 amide bonds. The summed E-state index contributed by atoms with van der Waals surface area (Å²) in [6.07, 6.45) is -4.32. The molecule has 3 N–H and O–H groups in total. The number of urea groups is 1. The standard InChI is InChI=1S/C8H13F3N2O5S/c1-7(5(14)15,8(9,10)11)13-6(16)12-3-4-19(2,17)18/h3-4H2,1-2H3,(H,14,15)(H2,12,13,16). The summed E-state index contributed by atoms with van der Waals surface area (Å²) >= 11 is 0. The van der Waals surface area contributed by atoms with Crippen LogP contribution in [0.2, 0.25) is 0 Å². The fourth-order valence-electron chi connectivity index (χ4n) is 0.867. The number of sulfone groups is 1. The number of carboxylic acid groups (broad SMARTS) is 1. The number of alkyl halides is 3. The average Bonchev–Trinajstić information content (AvgIpc) is 2.12. The van der Waals surface area contributed by atoms with Crippen LogP contribution in [-0.2, 0) is 14.6 Å². The van der Waals surface area contributed by atoms with Crippen LogP contribution in [0.1, 0.15) is 6.92 Å². The number of carboxylic acids is 1. The van der Waals surface area contributed by atoms with Gasteiger partial charge in [0.25, 0.3) is 0 Å². The lowest BCUT2D eigenvalue weighted by atomic mass is 10.0. The van der Waals surface area contributed by atoms with Crippen molar-refractivity contribution >= 4 is 21.8 Å². The van der Waals surface area contributed by atoms with Gasteiger partial charge in [-0.3, -0.25) is 0 Å². The van der Waals surface area contributed by atoms with Gasteiger partial charge >= 0.3 is 18.2 Å². The number of nitrogens with one attached hydrogen (secondary N) is 2. The largest absolute Gasteiger partial charge is 0.479 e. The summed E-state index contributed by atoms with van der Waals surface area (Å²) in [5.74, 6) is -2.76. The van der Waals surface area contributed by atoms with Gasteiger partial charge in [-0.2, -0.15) is 13.2 Å². The van der Waals surface area contributed by atoms with Crippen LogP contribution in [0.4, 0.5) is 18.0 Å². The van der Waals surface area contributed by atoms with Gasteiger partial charge in [-0.05, 0) is 6.92 Å². The van der Waals surface area contributed by atoms with Crippen molar-refractivity contribution in [1.82, 2.24) is 10.6 Å². The Balaban J connectivity index is 4.65. The van der Waals surface area contributed by atoms with Crippen LogP contribution in [-0.4, -0.2) is 55.8 Å². The van der Waals surface area contributed by atoms with Crippen LogP contribution < -0.4 is 10.6 Å². The molecule has 0 bridgehead atoms. The van der Waals surface area contributed by atoms with Crippen molar-refractivity contribution in [2.45, 2.75) is 18.6 Å². The number of amides is 2. The maximum atomic E-state index is 12.5. The highest BCUT2D eigenvalue weighted by Crippen LogP contribution is 2.30. The van der Waals surface area contributed by atoms with Gasteiger partial charge in [0.1, 0.15) is 9.84 Å². The van der Waals surface area contributed by atoms with E-state index in [9.17, 15) is 31.2 Å². The van der Waals surface area contributed by atoms with E-state index in [1.54, 1.807) is 0 Å². The van der Waals surface area contributed by atoms with Gasteiger partial charge in [0, 0.05) is 12.8 Å². The number of aliphatic carboxylic acids is 1. The van der Waals surface area contributed by atoms with Gasteiger partial charge in [-0.15, -0.1) is 0 Å². The Morgan fingerprint density at radius 2 is 1.74 bits per heavy atom. The third-order valence-corrected chi connectivity index (χ3v) is 3.06. The molecule has 0 spiro atoms. The monoisotopic (exact) mass is 306 g/mol. The minimum absolute atomic E-state index is 0.283. The van der Waals surface area contributed by atoms with Crippen molar-refractivity contribution < 1.29 is 36.3 Å². The highest BCUT2D eigenvalue weighted by Gasteiger charge is 2.58. The van der Waals surface area contributed by atoms with Crippen LogP contribution in [0, 0.1) is 0 Å². The normalized spacial score (nSPS) is 15.4. The van der Waals surface area contributed by atoms with E-state index in [0.29, 0.717) is 0 Å². The smallest absolute Gasteiger partial charge is 0.422 e. The molecule has 1 atom stereocenters. The Morgan fingerprint density at radius 1 is 1.26 bits per heavy atom. The van der Waals surface area contributed by atoms with E-state index >= 15 is 0 Å². The van der Waals surface area contributed by atoms with E-state index in [1.807, 2.05) is 5.32 Å². The van der Waals surface area contributed by atoms with Crippen molar-refractivity contribution in [3.8, 4) is 0 Å². The summed E-state index contributed by atoms with van der Waals surface area (Å²) in [6, 6.07) is -1.43. The Morgan fingerprint density at radius 3 is 2.05 bits per heavy atom. The number of carbonyl (C=O) groups excluding carboxylic acids is 1. The minimum atomic E-state index is -5.20. The number of hydrogen-bond acceptors (Lipinski definition) is 4. The highest BCUT2D eigenvalue weighted by molar-refractivity contribution is 7.90. The molecule has 0 heterocycles. The van der Waals surface area contributed by atoms with Crippen LogP contribution >= 0.6 is 0 Å². The number of hydrogen-bond donors (Lipinski definition) is 3. The molecule has 0 aliphatic rings. The van der Waals surface area contributed by atoms with Crippen LogP contribution in [0.3, 0.4) is 0 Å². The molecule has 0 aliphatic heterocycles. The SMILES string of the molecule is CC(NC(=O)NCCS(C)(=O)=O)(C(=O)O)C(F)(F)F. The van der Waals surface area contributed by atoms with E-state index in [0.717, 1.165) is 6.26 Å². The van der Waals surface area contributed by atoms with Crippen LogP contribution in [0.15, 0.2) is 0 Å². The van der Waals surface area contributed by atoms with Gasteiger partial charge in [-0.1, -0.05) is 0 Å². The quantitative estimate of drug-likeness (QED) is 0.647. The Labute approximate surface area is 107 Å². The van der Waals surface area contributed by atoms with Crippen molar-refractivity contribution in [3.63, 3.8) is 0 Å². The molecular weight excluding hydrogens is 293 g/mol. The zero-order valence-corrected chi connectivity index (χ0v) is 10.9. The lowest BCUT2D eigenvalue weighted by Crippen LogP contribution is -2.63. The maximum Gasteiger partial charge on any atom is 0.422 e. The predicted octanol–water partition coefficient (Wildman–Crippen LogP) is -0.264. The zero-order chi connectivity index (χ0) is 15.5. The van der Waals surface area contributed by atoms with Gasteiger partial charge in [0.05, 0.1) is 5.75 Å². The Hall–Kier alpha value is -1.52. The van der Waals surface area contributed by atoms with Crippen molar-refractivity contribution in [2.75, 3.05) is 18.6 Å². The number of halogens is 3. The van der Waals surface area contributed by atoms with Crippen LogP contribution in [0.5, 0.6) is 0 Å². The molecule has 0 fully saturated rings. The van der Waals surface area contributed by atoms with E-state index in [2.05, 4.69) is 0 Å². The molecule has 0 aromatic rings. The first-order valence-electron chi connectivity index (χ1n) is 4.83. The molecule has 112 valence electrons. The first kappa shape index (κ1) is 17.5. The van der Waals surface area contributed by atoms with Crippen LogP contribution in [0.25, 0.3) is 0 Å². The summed E-state index contributed by atoms with van der Waals surface area (Å²) in [5, 5.41) is 11.6. The van der Waals surface area contributed by atoms with Gasteiger partial charge in [0.15, 0.2) is 0 Å². The molecule has 7 nitrogen and oxygen atoms in total. The zero-order valence-electron chi connectivity index (χ0n) is 10.0. The molecule has 0 aliphatic carbocycles. The lowest BCUT2D eigenvalue weighted by Gasteiger charge is -2.28. The van der Waals surface area contributed by atoms with Gasteiger partial charge in [0.2, 0.25) is 5.54 Å². The topological polar surface area (TPSA) is 113 Å². The maximum absolute atomic E-state index is 12.5. The molecule has 0 radical (unpaired) electrons. The molecule has 0 saturated carbocycles. The first-order chi connectivity index (χ1) is 8.29. The second kappa shape index (κ2) is 5.63. The average molecular weight is 306 g/mol. The molecule has 0 aromatic carbocycles. The Kier molecular flexibility index (Phi) is 5.18. The van der Waals surface area contributed by atoms with E-state index in [1.165, 1.54) is 5.32 Å². The summed E-state index contributed by atoms with van der Waals surface area (Å²) in [7, 11) is -3.39. The molecule has 0 saturated heterocycles. The molecule has 1 unspecified atom stereocenters.